The van der Waals surface area contributed by atoms with E-state index in [1.807, 2.05) is 13.8 Å². The van der Waals surface area contributed by atoms with E-state index in [1.165, 1.54) is 0 Å². The average Bonchev–Trinajstić information content (AvgIpc) is 2.36. The second kappa shape index (κ2) is 3.32. The molecule has 0 radical (unpaired) electrons. The van der Waals surface area contributed by atoms with E-state index < -0.39 is 0 Å². The summed E-state index contributed by atoms with van der Waals surface area (Å²) in [5.74, 6) is 0.242. The van der Waals surface area contributed by atoms with E-state index in [4.69, 9.17) is 9.47 Å². The maximum atomic E-state index is 9.42. The minimum Gasteiger partial charge on any atom is -0.390 e. The Kier molecular flexibility index (Phi) is 2.65. The van der Waals surface area contributed by atoms with Crippen LogP contribution in [-0.2, 0) is 9.47 Å². The van der Waals surface area contributed by atoms with Crippen molar-refractivity contribution in [1.29, 1.82) is 0 Å². The molecule has 0 amide bonds. The summed E-state index contributed by atoms with van der Waals surface area (Å²) in [5.41, 5.74) is 0. The lowest BCUT2D eigenvalue weighted by Gasteiger charge is -2.18. The van der Waals surface area contributed by atoms with Crippen LogP contribution in [0.1, 0.15) is 13.8 Å². The molecule has 1 heterocycles. The van der Waals surface area contributed by atoms with E-state index in [1.54, 1.807) is 0 Å². The summed E-state index contributed by atoms with van der Waals surface area (Å²) in [5, 5.41) is 9.42. The van der Waals surface area contributed by atoms with Crippen molar-refractivity contribution in [2.24, 2.45) is 5.92 Å². The fraction of sp³-hybridized carbons (Fsp3) is 1.00. The Labute approximate surface area is 60.9 Å². The quantitative estimate of drug-likeness (QED) is 0.612. The molecule has 1 aliphatic rings. The number of hydrogen-bond donors (Lipinski definition) is 1. The SMILES string of the molecule is CC(C)C(O)C1COCO1. The van der Waals surface area contributed by atoms with E-state index in [0.717, 1.165) is 0 Å². The highest BCUT2D eigenvalue weighted by molar-refractivity contribution is 4.73. The molecule has 1 saturated heterocycles. The molecule has 0 aromatic carbocycles. The lowest BCUT2D eigenvalue weighted by atomic mass is 10.0. The lowest BCUT2D eigenvalue weighted by molar-refractivity contribution is -0.0278. The van der Waals surface area contributed by atoms with Gasteiger partial charge in [-0.2, -0.15) is 0 Å². The topological polar surface area (TPSA) is 38.7 Å². The van der Waals surface area contributed by atoms with Crippen LogP contribution >= 0.6 is 0 Å². The molecule has 10 heavy (non-hydrogen) atoms. The minimum absolute atomic E-state index is 0.111. The van der Waals surface area contributed by atoms with Gasteiger partial charge in [-0.1, -0.05) is 13.8 Å². The Morgan fingerprint density at radius 3 is 2.60 bits per heavy atom. The molecule has 0 spiro atoms. The summed E-state index contributed by atoms with van der Waals surface area (Å²) in [6.07, 6.45) is -0.498. The molecule has 1 rings (SSSR count). The largest absolute Gasteiger partial charge is 0.390 e. The smallest absolute Gasteiger partial charge is 0.147 e. The normalized spacial score (nSPS) is 29.4. The first-order valence-electron chi connectivity index (χ1n) is 3.59. The average molecular weight is 146 g/mol. The van der Waals surface area contributed by atoms with Crippen molar-refractivity contribution < 1.29 is 14.6 Å². The fourth-order valence-electron chi connectivity index (χ4n) is 0.974. The zero-order valence-electron chi connectivity index (χ0n) is 6.41. The third-order valence-corrected chi connectivity index (χ3v) is 1.71. The molecule has 3 nitrogen and oxygen atoms in total. The van der Waals surface area contributed by atoms with E-state index in [-0.39, 0.29) is 18.1 Å². The van der Waals surface area contributed by atoms with E-state index in [0.29, 0.717) is 13.4 Å². The van der Waals surface area contributed by atoms with Crippen molar-refractivity contribution >= 4 is 0 Å². The van der Waals surface area contributed by atoms with Crippen LogP contribution in [0.25, 0.3) is 0 Å². The summed E-state index contributed by atoms with van der Waals surface area (Å²) in [7, 11) is 0. The van der Waals surface area contributed by atoms with Gasteiger partial charge in [0.25, 0.3) is 0 Å². The highest BCUT2D eigenvalue weighted by Crippen LogP contribution is 2.13. The Morgan fingerprint density at radius 2 is 2.20 bits per heavy atom. The van der Waals surface area contributed by atoms with Crippen molar-refractivity contribution in [2.75, 3.05) is 13.4 Å². The summed E-state index contributed by atoms with van der Waals surface area (Å²) in [4.78, 5) is 0. The highest BCUT2D eigenvalue weighted by Gasteiger charge is 2.26. The van der Waals surface area contributed by atoms with Gasteiger partial charge in [0.2, 0.25) is 0 Å². The molecule has 0 aromatic rings. The molecule has 0 bridgehead atoms. The molecule has 3 heteroatoms. The fourth-order valence-corrected chi connectivity index (χ4v) is 0.974. The van der Waals surface area contributed by atoms with Gasteiger partial charge in [0.05, 0.1) is 12.7 Å². The zero-order valence-corrected chi connectivity index (χ0v) is 6.41. The van der Waals surface area contributed by atoms with Gasteiger partial charge in [-0.05, 0) is 5.92 Å². The predicted molar refractivity (Wildman–Crippen MR) is 36.5 cm³/mol. The molecule has 2 unspecified atom stereocenters. The van der Waals surface area contributed by atoms with Crippen LogP contribution in [0.4, 0.5) is 0 Å². The van der Waals surface area contributed by atoms with Gasteiger partial charge >= 0.3 is 0 Å². The van der Waals surface area contributed by atoms with Crippen LogP contribution in [0.15, 0.2) is 0 Å². The maximum absolute atomic E-state index is 9.42. The van der Waals surface area contributed by atoms with Gasteiger partial charge in [0.1, 0.15) is 12.9 Å². The molecule has 1 N–H and O–H groups in total. The number of aliphatic hydroxyl groups excluding tert-OH is 1. The van der Waals surface area contributed by atoms with Crippen LogP contribution in [0.2, 0.25) is 0 Å². The Balaban J connectivity index is 2.32. The summed E-state index contributed by atoms with van der Waals surface area (Å²) >= 11 is 0. The molecule has 1 aliphatic heterocycles. The monoisotopic (exact) mass is 146 g/mol. The second-order valence-corrected chi connectivity index (χ2v) is 2.93. The van der Waals surface area contributed by atoms with Crippen molar-refractivity contribution in [1.82, 2.24) is 0 Å². The zero-order chi connectivity index (χ0) is 7.56. The molecule has 0 saturated carbocycles. The van der Waals surface area contributed by atoms with Gasteiger partial charge < -0.3 is 14.6 Å². The van der Waals surface area contributed by atoms with Gasteiger partial charge in [-0.15, -0.1) is 0 Å². The Bertz CT molecular complexity index is 97.0. The molecule has 0 aliphatic carbocycles. The van der Waals surface area contributed by atoms with Gasteiger partial charge in [0.15, 0.2) is 0 Å². The van der Waals surface area contributed by atoms with E-state index in [9.17, 15) is 5.11 Å². The maximum Gasteiger partial charge on any atom is 0.147 e. The Morgan fingerprint density at radius 1 is 1.50 bits per heavy atom. The van der Waals surface area contributed by atoms with Crippen LogP contribution in [-0.4, -0.2) is 30.7 Å². The van der Waals surface area contributed by atoms with Gasteiger partial charge in [-0.3, -0.25) is 0 Å². The van der Waals surface area contributed by atoms with Crippen molar-refractivity contribution in [3.05, 3.63) is 0 Å². The molecule has 0 aromatic heterocycles. The number of ether oxygens (including phenoxy) is 2. The van der Waals surface area contributed by atoms with E-state index in [2.05, 4.69) is 0 Å². The van der Waals surface area contributed by atoms with Crippen LogP contribution in [0.3, 0.4) is 0 Å². The molecular weight excluding hydrogens is 132 g/mol. The summed E-state index contributed by atoms with van der Waals surface area (Å²) in [6, 6.07) is 0. The predicted octanol–water partition coefficient (Wildman–Crippen LogP) is 0.376. The first kappa shape index (κ1) is 7.98. The lowest BCUT2D eigenvalue weighted by Crippen LogP contribution is -2.32. The summed E-state index contributed by atoms with van der Waals surface area (Å²) < 4.78 is 10.0. The van der Waals surface area contributed by atoms with Crippen molar-refractivity contribution in [3.63, 3.8) is 0 Å². The van der Waals surface area contributed by atoms with Crippen LogP contribution < -0.4 is 0 Å². The van der Waals surface area contributed by atoms with Crippen LogP contribution in [0, 0.1) is 5.92 Å². The minimum atomic E-state index is -0.387. The summed E-state index contributed by atoms with van der Waals surface area (Å²) in [6.45, 7) is 4.78. The number of rotatable bonds is 2. The molecule has 2 atom stereocenters. The third kappa shape index (κ3) is 1.68. The Hall–Kier alpha value is -0.120. The third-order valence-electron chi connectivity index (χ3n) is 1.71. The second-order valence-electron chi connectivity index (χ2n) is 2.93. The molecule has 1 fully saturated rings. The highest BCUT2D eigenvalue weighted by atomic mass is 16.7. The van der Waals surface area contributed by atoms with Crippen LogP contribution in [0.5, 0.6) is 0 Å². The van der Waals surface area contributed by atoms with Gasteiger partial charge in [-0.25, -0.2) is 0 Å². The van der Waals surface area contributed by atoms with Gasteiger partial charge in [0, 0.05) is 0 Å². The number of aliphatic hydroxyl groups is 1. The van der Waals surface area contributed by atoms with E-state index >= 15 is 0 Å². The molecule has 60 valence electrons. The molecular formula is C7H14O3. The first-order valence-corrected chi connectivity index (χ1v) is 3.59. The standard InChI is InChI=1S/C7H14O3/c1-5(2)7(8)6-3-9-4-10-6/h5-8H,3-4H2,1-2H3. The first-order chi connectivity index (χ1) is 4.72. The van der Waals surface area contributed by atoms with Crippen molar-refractivity contribution in [2.45, 2.75) is 26.1 Å². The number of hydrogen-bond acceptors (Lipinski definition) is 3. The van der Waals surface area contributed by atoms with Crippen molar-refractivity contribution in [3.8, 4) is 0 Å².